The van der Waals surface area contributed by atoms with Crippen molar-refractivity contribution in [1.82, 2.24) is 19.9 Å². The summed E-state index contributed by atoms with van der Waals surface area (Å²) in [5.74, 6) is -0.307. The highest BCUT2D eigenvalue weighted by Gasteiger charge is 2.35. The Balaban J connectivity index is 1.52. The van der Waals surface area contributed by atoms with Crippen LogP contribution in [0.1, 0.15) is 34.9 Å². The number of hydrogen-bond acceptors (Lipinski definition) is 4. The van der Waals surface area contributed by atoms with Gasteiger partial charge in [-0.15, -0.1) is 5.10 Å². The van der Waals surface area contributed by atoms with Crippen molar-refractivity contribution < 1.29 is 9.59 Å². The highest BCUT2D eigenvalue weighted by Crippen LogP contribution is 2.42. The monoisotopic (exact) mass is 453 g/mol. The van der Waals surface area contributed by atoms with Crippen molar-refractivity contribution in [1.29, 1.82) is 0 Å². The molecule has 1 aliphatic carbocycles. The van der Waals surface area contributed by atoms with Crippen LogP contribution in [0.15, 0.2) is 59.1 Å². The molecule has 1 aliphatic rings. The average Bonchev–Trinajstić information content (AvgIpc) is 3.47. The zero-order valence-corrected chi connectivity index (χ0v) is 17.5. The molecule has 0 saturated heterocycles. The Kier molecular flexibility index (Phi) is 5.44. The number of carbonyl (C=O) groups excluding carboxylic acids is 2. The van der Waals surface area contributed by atoms with Crippen LogP contribution in [0.25, 0.3) is 5.69 Å². The maximum absolute atomic E-state index is 13.0. The third-order valence-corrected chi connectivity index (χ3v) is 5.26. The van der Waals surface area contributed by atoms with Gasteiger partial charge >= 0.3 is 0 Å². The van der Waals surface area contributed by atoms with E-state index in [-0.39, 0.29) is 24.3 Å². The summed E-state index contributed by atoms with van der Waals surface area (Å²) in [5.41, 5.74) is 2.67. The summed E-state index contributed by atoms with van der Waals surface area (Å²) >= 11 is 3.43. The molecule has 2 aromatic carbocycles. The second-order valence-corrected chi connectivity index (χ2v) is 7.98. The van der Waals surface area contributed by atoms with E-state index in [1.165, 1.54) is 4.90 Å². The van der Waals surface area contributed by atoms with E-state index in [0.717, 1.165) is 28.7 Å². The molecule has 2 amide bonds. The van der Waals surface area contributed by atoms with E-state index in [1.54, 1.807) is 23.9 Å². The molecule has 1 aromatic heterocycles. The van der Waals surface area contributed by atoms with Gasteiger partial charge in [0.15, 0.2) is 5.69 Å². The highest BCUT2D eigenvalue weighted by molar-refractivity contribution is 9.10. The fourth-order valence-electron chi connectivity index (χ4n) is 3.13. The fourth-order valence-corrected chi connectivity index (χ4v) is 3.39. The number of nitrogens with one attached hydrogen (secondary N) is 1. The summed E-state index contributed by atoms with van der Waals surface area (Å²) in [6.07, 6.45) is 2.00. The van der Waals surface area contributed by atoms with Crippen LogP contribution in [-0.4, -0.2) is 45.3 Å². The van der Waals surface area contributed by atoms with Gasteiger partial charge in [0.05, 0.1) is 17.9 Å². The van der Waals surface area contributed by atoms with E-state index in [9.17, 15) is 9.59 Å². The molecule has 0 radical (unpaired) electrons. The third-order valence-electron chi connectivity index (χ3n) is 4.73. The van der Waals surface area contributed by atoms with Gasteiger partial charge < -0.3 is 10.2 Å². The summed E-state index contributed by atoms with van der Waals surface area (Å²) in [5, 5.41) is 11.2. The van der Waals surface area contributed by atoms with Crippen molar-refractivity contribution >= 4 is 33.4 Å². The second kappa shape index (κ2) is 8.16. The molecule has 3 aromatic rings. The van der Waals surface area contributed by atoms with Gasteiger partial charge in [-0.2, -0.15) is 0 Å². The first kappa shape index (κ1) is 19.3. The molecule has 0 bridgehead atoms. The van der Waals surface area contributed by atoms with Crippen molar-refractivity contribution in [2.45, 2.75) is 18.8 Å². The first-order valence-corrected chi connectivity index (χ1v) is 10.1. The molecule has 1 N–H and O–H groups in total. The van der Waals surface area contributed by atoms with Crippen molar-refractivity contribution in [2.75, 3.05) is 18.9 Å². The van der Waals surface area contributed by atoms with E-state index in [2.05, 4.69) is 31.6 Å². The number of likely N-dealkylation sites (N-methyl/N-ethyl adjacent to an activating group) is 1. The molecule has 148 valence electrons. The van der Waals surface area contributed by atoms with Crippen LogP contribution in [-0.2, 0) is 4.79 Å². The van der Waals surface area contributed by atoms with E-state index < -0.39 is 0 Å². The van der Waals surface area contributed by atoms with Crippen LogP contribution in [0.2, 0.25) is 0 Å². The largest absolute Gasteiger partial charge is 0.331 e. The van der Waals surface area contributed by atoms with Gasteiger partial charge in [-0.05, 0) is 49.2 Å². The quantitative estimate of drug-likeness (QED) is 0.617. The molecule has 8 heteroatoms. The Morgan fingerprint density at radius 2 is 1.83 bits per heavy atom. The number of amides is 2. The van der Waals surface area contributed by atoms with Gasteiger partial charge in [0, 0.05) is 23.1 Å². The summed E-state index contributed by atoms with van der Waals surface area (Å²) < 4.78 is 2.70. The Morgan fingerprint density at radius 1 is 1.14 bits per heavy atom. The lowest BCUT2D eigenvalue weighted by Gasteiger charge is -2.16. The van der Waals surface area contributed by atoms with Gasteiger partial charge in [-0.3, -0.25) is 9.59 Å². The maximum Gasteiger partial charge on any atom is 0.276 e. The average molecular weight is 454 g/mol. The number of halogens is 1. The molecule has 1 saturated carbocycles. The molecule has 7 nitrogen and oxygen atoms in total. The Labute approximate surface area is 176 Å². The normalized spacial score (nSPS) is 13.2. The predicted octanol–water partition coefficient (Wildman–Crippen LogP) is 3.62. The maximum atomic E-state index is 13.0. The van der Waals surface area contributed by atoms with E-state index >= 15 is 0 Å². The first-order chi connectivity index (χ1) is 14.0. The van der Waals surface area contributed by atoms with Gasteiger partial charge in [0.1, 0.15) is 0 Å². The van der Waals surface area contributed by atoms with Crippen molar-refractivity contribution in [2.24, 2.45) is 0 Å². The smallest absolute Gasteiger partial charge is 0.276 e. The number of benzene rings is 2. The van der Waals surface area contributed by atoms with Crippen molar-refractivity contribution in [3.05, 3.63) is 70.5 Å². The predicted molar refractivity (Wildman–Crippen MR) is 113 cm³/mol. The number of nitrogens with zero attached hydrogens (tertiary/aromatic N) is 4. The lowest BCUT2D eigenvalue weighted by Crippen LogP contribution is -2.35. The van der Waals surface area contributed by atoms with Crippen LogP contribution in [0.4, 0.5) is 5.69 Å². The van der Waals surface area contributed by atoms with Gasteiger partial charge in [-0.25, -0.2) is 4.68 Å². The lowest BCUT2D eigenvalue weighted by atomic mass is 10.2. The highest BCUT2D eigenvalue weighted by atomic mass is 79.9. The SMILES string of the molecule is CN(CC(=O)Nc1ccccc1)C(=O)c1nnn(-c2ccc(Br)cc2)c1C1CC1. The van der Waals surface area contributed by atoms with Crippen LogP contribution in [0.3, 0.4) is 0 Å². The molecule has 0 unspecified atom stereocenters. The summed E-state index contributed by atoms with van der Waals surface area (Å²) in [6.45, 7) is -0.0665. The number of rotatable bonds is 6. The standard InChI is InChI=1S/C21H20BrN5O2/c1-26(13-18(28)23-16-5-3-2-4-6-16)21(29)19-20(14-7-8-14)27(25-24-19)17-11-9-15(22)10-12-17/h2-6,9-12,14H,7-8,13H2,1H3,(H,23,28). The topological polar surface area (TPSA) is 80.1 Å². The van der Waals surface area contributed by atoms with Crippen LogP contribution in [0.5, 0.6) is 0 Å². The van der Waals surface area contributed by atoms with Crippen LogP contribution >= 0.6 is 15.9 Å². The number of para-hydroxylation sites is 1. The molecule has 29 heavy (non-hydrogen) atoms. The number of aromatic nitrogens is 3. The van der Waals surface area contributed by atoms with E-state index in [0.29, 0.717) is 11.4 Å². The summed E-state index contributed by atoms with van der Waals surface area (Å²) in [4.78, 5) is 26.7. The van der Waals surface area contributed by atoms with Gasteiger partial charge in [0.25, 0.3) is 5.91 Å². The molecular formula is C21H20BrN5O2. The van der Waals surface area contributed by atoms with Crippen LogP contribution in [0, 0.1) is 0 Å². The molecular weight excluding hydrogens is 434 g/mol. The fraction of sp³-hybridized carbons (Fsp3) is 0.238. The molecule has 1 fully saturated rings. The van der Waals surface area contributed by atoms with E-state index in [4.69, 9.17) is 0 Å². The number of hydrogen-bond donors (Lipinski definition) is 1. The summed E-state index contributed by atoms with van der Waals surface area (Å²) in [6, 6.07) is 16.9. The molecule has 4 rings (SSSR count). The van der Waals surface area contributed by atoms with Crippen molar-refractivity contribution in [3.63, 3.8) is 0 Å². The molecule has 0 aliphatic heterocycles. The summed E-state index contributed by atoms with van der Waals surface area (Å²) in [7, 11) is 1.60. The van der Waals surface area contributed by atoms with Crippen LogP contribution < -0.4 is 5.32 Å². The minimum absolute atomic E-state index is 0.0665. The Morgan fingerprint density at radius 3 is 2.48 bits per heavy atom. The molecule has 1 heterocycles. The van der Waals surface area contributed by atoms with Crippen molar-refractivity contribution in [3.8, 4) is 5.69 Å². The second-order valence-electron chi connectivity index (χ2n) is 7.06. The number of anilines is 1. The lowest BCUT2D eigenvalue weighted by molar-refractivity contribution is -0.116. The number of carbonyl (C=O) groups is 2. The molecule has 0 spiro atoms. The zero-order chi connectivity index (χ0) is 20.4. The Bertz CT molecular complexity index is 1030. The van der Waals surface area contributed by atoms with E-state index in [1.807, 2.05) is 42.5 Å². The molecule has 0 atom stereocenters. The van der Waals surface area contributed by atoms with Gasteiger partial charge in [0.2, 0.25) is 5.91 Å². The first-order valence-electron chi connectivity index (χ1n) is 9.35. The third kappa shape index (κ3) is 4.37. The zero-order valence-electron chi connectivity index (χ0n) is 15.9. The van der Waals surface area contributed by atoms with Gasteiger partial charge in [-0.1, -0.05) is 39.3 Å². The minimum Gasteiger partial charge on any atom is -0.331 e. The minimum atomic E-state index is -0.307. The Hall–Kier alpha value is -3.00.